The largest absolute Gasteiger partial charge is 0.457 e. The predicted octanol–water partition coefficient (Wildman–Crippen LogP) is 4.20. The third-order valence-corrected chi connectivity index (χ3v) is 2.73. The molecule has 1 unspecified atom stereocenters. The number of aliphatic hydroxyl groups excluding tert-OH is 1. The summed E-state index contributed by atoms with van der Waals surface area (Å²) in [6, 6.07) is 9.84. The van der Waals surface area contributed by atoms with E-state index >= 15 is 0 Å². The quantitative estimate of drug-likeness (QED) is 0.896. The third kappa shape index (κ3) is 3.29. The highest BCUT2D eigenvalue weighted by molar-refractivity contribution is 5.39. The van der Waals surface area contributed by atoms with Gasteiger partial charge in [-0.25, -0.2) is 8.78 Å². The highest BCUT2D eigenvalue weighted by Crippen LogP contribution is 2.31. The van der Waals surface area contributed by atoms with Gasteiger partial charge in [0.05, 0.1) is 6.10 Å². The summed E-state index contributed by atoms with van der Waals surface area (Å²) >= 11 is 0. The smallest absolute Gasteiger partial charge is 0.133 e. The minimum atomic E-state index is -0.705. The van der Waals surface area contributed by atoms with Gasteiger partial charge in [0.15, 0.2) is 0 Å². The Morgan fingerprint density at radius 2 is 1.74 bits per heavy atom. The summed E-state index contributed by atoms with van der Waals surface area (Å²) < 4.78 is 31.6. The second-order valence-electron chi connectivity index (χ2n) is 4.17. The first-order valence-corrected chi connectivity index (χ1v) is 6.01. The van der Waals surface area contributed by atoms with Crippen molar-refractivity contribution in [2.75, 3.05) is 0 Å². The molecule has 4 heteroatoms. The van der Waals surface area contributed by atoms with Crippen molar-refractivity contribution >= 4 is 0 Å². The van der Waals surface area contributed by atoms with E-state index in [2.05, 4.69) is 0 Å². The van der Waals surface area contributed by atoms with Gasteiger partial charge in [-0.3, -0.25) is 0 Å². The van der Waals surface area contributed by atoms with Gasteiger partial charge in [0.1, 0.15) is 23.1 Å². The van der Waals surface area contributed by atoms with Crippen LogP contribution >= 0.6 is 0 Å². The standard InChI is InChI=1S/C15H14F2O2/c1-2-14(18)13-5-3-4-6-15(13)19-12-8-10(16)7-11(17)9-12/h3-9,14,18H,2H2,1H3. The van der Waals surface area contributed by atoms with Crippen molar-refractivity contribution in [2.24, 2.45) is 0 Å². The maximum atomic E-state index is 13.1. The first-order valence-electron chi connectivity index (χ1n) is 6.01. The summed E-state index contributed by atoms with van der Waals surface area (Å²) in [5.74, 6) is -0.956. The molecule has 0 bridgehead atoms. The van der Waals surface area contributed by atoms with Gasteiger partial charge in [-0.2, -0.15) is 0 Å². The van der Waals surface area contributed by atoms with Crippen LogP contribution in [-0.2, 0) is 0 Å². The first-order chi connectivity index (χ1) is 9.10. The van der Waals surface area contributed by atoms with Crippen LogP contribution in [0.15, 0.2) is 42.5 Å². The highest BCUT2D eigenvalue weighted by atomic mass is 19.1. The van der Waals surface area contributed by atoms with Crippen molar-refractivity contribution in [1.29, 1.82) is 0 Å². The lowest BCUT2D eigenvalue weighted by Crippen LogP contribution is -1.99. The van der Waals surface area contributed by atoms with Crippen molar-refractivity contribution in [1.82, 2.24) is 0 Å². The molecule has 0 aliphatic carbocycles. The second kappa shape index (κ2) is 5.80. The maximum absolute atomic E-state index is 13.1. The number of hydrogen-bond acceptors (Lipinski definition) is 2. The van der Waals surface area contributed by atoms with Gasteiger partial charge >= 0.3 is 0 Å². The topological polar surface area (TPSA) is 29.5 Å². The molecule has 1 N–H and O–H groups in total. The first kappa shape index (κ1) is 13.5. The molecule has 0 aromatic heterocycles. The lowest BCUT2D eigenvalue weighted by atomic mass is 10.1. The third-order valence-electron chi connectivity index (χ3n) is 2.73. The van der Waals surface area contributed by atoms with Gasteiger partial charge in [0.25, 0.3) is 0 Å². The maximum Gasteiger partial charge on any atom is 0.133 e. The Bertz CT molecular complexity index is 550. The van der Waals surface area contributed by atoms with Crippen molar-refractivity contribution < 1.29 is 18.6 Å². The van der Waals surface area contributed by atoms with Gasteiger partial charge in [-0.15, -0.1) is 0 Å². The lowest BCUT2D eigenvalue weighted by molar-refractivity contribution is 0.170. The molecule has 0 amide bonds. The number of benzene rings is 2. The Kier molecular flexibility index (Phi) is 4.12. The highest BCUT2D eigenvalue weighted by Gasteiger charge is 2.12. The van der Waals surface area contributed by atoms with E-state index in [9.17, 15) is 13.9 Å². The van der Waals surface area contributed by atoms with Gasteiger partial charge in [-0.1, -0.05) is 25.1 Å². The molecule has 0 aliphatic heterocycles. The molecule has 2 rings (SSSR count). The number of hydrogen-bond donors (Lipinski definition) is 1. The van der Waals surface area contributed by atoms with Crippen LogP contribution in [0.2, 0.25) is 0 Å². The molecule has 19 heavy (non-hydrogen) atoms. The lowest BCUT2D eigenvalue weighted by Gasteiger charge is -2.14. The zero-order valence-electron chi connectivity index (χ0n) is 10.4. The van der Waals surface area contributed by atoms with Crippen molar-refractivity contribution in [3.8, 4) is 11.5 Å². The molecule has 0 saturated carbocycles. The summed E-state index contributed by atoms with van der Waals surface area (Å²) in [5, 5.41) is 9.87. The molecule has 1 atom stereocenters. The van der Waals surface area contributed by atoms with E-state index in [1.165, 1.54) is 0 Å². The molecule has 100 valence electrons. The Hall–Kier alpha value is -1.94. The summed E-state index contributed by atoms with van der Waals surface area (Å²) in [6.45, 7) is 1.84. The average Bonchev–Trinajstić information content (AvgIpc) is 2.37. The molecule has 0 heterocycles. The molecule has 0 spiro atoms. The Labute approximate surface area is 110 Å². The molecular formula is C15H14F2O2. The van der Waals surface area contributed by atoms with Crippen LogP contribution in [0.4, 0.5) is 8.78 Å². The second-order valence-corrected chi connectivity index (χ2v) is 4.17. The minimum Gasteiger partial charge on any atom is -0.457 e. The number of para-hydroxylation sites is 1. The molecule has 0 aliphatic rings. The van der Waals surface area contributed by atoms with Crippen molar-refractivity contribution in [3.63, 3.8) is 0 Å². The molecule has 0 radical (unpaired) electrons. The van der Waals surface area contributed by atoms with Crippen LogP contribution in [0, 0.1) is 11.6 Å². The minimum absolute atomic E-state index is 0.0632. The Balaban J connectivity index is 2.32. The average molecular weight is 264 g/mol. The molecular weight excluding hydrogens is 250 g/mol. The Morgan fingerprint density at radius 1 is 1.11 bits per heavy atom. The van der Waals surface area contributed by atoms with Gasteiger partial charge in [0, 0.05) is 23.8 Å². The SMILES string of the molecule is CCC(O)c1ccccc1Oc1cc(F)cc(F)c1. The summed E-state index contributed by atoms with van der Waals surface area (Å²) in [7, 11) is 0. The molecule has 2 nitrogen and oxygen atoms in total. The molecule has 0 fully saturated rings. The van der Waals surface area contributed by atoms with Gasteiger partial charge in [0.2, 0.25) is 0 Å². The van der Waals surface area contributed by atoms with E-state index in [1.54, 1.807) is 24.3 Å². The normalized spacial score (nSPS) is 12.2. The fourth-order valence-corrected chi connectivity index (χ4v) is 1.78. The summed E-state index contributed by atoms with van der Waals surface area (Å²) in [5.41, 5.74) is 0.592. The van der Waals surface area contributed by atoms with Crippen LogP contribution in [-0.4, -0.2) is 5.11 Å². The van der Waals surface area contributed by atoms with Crippen LogP contribution in [0.1, 0.15) is 25.0 Å². The van der Waals surface area contributed by atoms with Crippen LogP contribution in [0.5, 0.6) is 11.5 Å². The number of ether oxygens (including phenoxy) is 1. The van der Waals surface area contributed by atoms with E-state index in [4.69, 9.17) is 4.74 Å². The van der Waals surface area contributed by atoms with E-state index in [0.717, 1.165) is 18.2 Å². The van der Waals surface area contributed by atoms with E-state index in [1.807, 2.05) is 6.92 Å². The van der Waals surface area contributed by atoms with Crippen LogP contribution in [0.3, 0.4) is 0 Å². The van der Waals surface area contributed by atoms with Gasteiger partial charge in [-0.05, 0) is 12.5 Å². The molecule has 0 saturated heterocycles. The fourth-order valence-electron chi connectivity index (χ4n) is 1.78. The predicted molar refractivity (Wildman–Crippen MR) is 68.1 cm³/mol. The van der Waals surface area contributed by atoms with Crippen LogP contribution in [0.25, 0.3) is 0 Å². The molecule has 2 aromatic carbocycles. The fraction of sp³-hybridized carbons (Fsp3) is 0.200. The monoisotopic (exact) mass is 264 g/mol. The van der Waals surface area contributed by atoms with Crippen molar-refractivity contribution in [2.45, 2.75) is 19.4 Å². The number of rotatable bonds is 4. The summed E-state index contributed by atoms with van der Waals surface area (Å²) in [6.07, 6.45) is -0.146. The Morgan fingerprint density at radius 3 is 2.37 bits per heavy atom. The summed E-state index contributed by atoms with van der Waals surface area (Å²) in [4.78, 5) is 0. The number of halogens is 2. The van der Waals surface area contributed by atoms with E-state index in [-0.39, 0.29) is 5.75 Å². The zero-order chi connectivity index (χ0) is 13.8. The van der Waals surface area contributed by atoms with Crippen LogP contribution < -0.4 is 4.74 Å². The molecule has 2 aromatic rings. The van der Waals surface area contributed by atoms with E-state index < -0.39 is 17.7 Å². The number of aliphatic hydroxyl groups is 1. The zero-order valence-corrected chi connectivity index (χ0v) is 10.4. The van der Waals surface area contributed by atoms with Gasteiger partial charge < -0.3 is 9.84 Å². The van der Waals surface area contributed by atoms with E-state index in [0.29, 0.717) is 17.7 Å². The van der Waals surface area contributed by atoms with Crippen molar-refractivity contribution in [3.05, 3.63) is 59.7 Å².